The largest absolute Gasteiger partial charge is 0.467 e. The second-order valence-corrected chi connectivity index (χ2v) is 6.01. The molecule has 0 bridgehead atoms. The molecule has 2 aromatic heterocycles. The van der Waals surface area contributed by atoms with Crippen molar-refractivity contribution in [2.75, 3.05) is 0 Å². The van der Waals surface area contributed by atoms with Gasteiger partial charge in [-0.05, 0) is 46.6 Å². The Kier molecular flexibility index (Phi) is 3.00. The van der Waals surface area contributed by atoms with Crippen molar-refractivity contribution in [3.05, 3.63) is 44.4 Å². The molecule has 0 aliphatic carbocycles. The summed E-state index contributed by atoms with van der Waals surface area (Å²) in [6, 6.07) is 5.78. The van der Waals surface area contributed by atoms with Crippen LogP contribution in [0.5, 0.6) is 0 Å². The van der Waals surface area contributed by atoms with E-state index in [1.165, 1.54) is 4.88 Å². The minimum Gasteiger partial charge on any atom is -0.467 e. The second kappa shape index (κ2) is 4.09. The van der Waals surface area contributed by atoms with Gasteiger partial charge in [-0.25, -0.2) is 0 Å². The van der Waals surface area contributed by atoms with Gasteiger partial charge < -0.3 is 4.42 Å². The molecule has 14 heavy (non-hydrogen) atoms. The van der Waals surface area contributed by atoms with Gasteiger partial charge in [-0.15, -0.1) is 22.9 Å². The van der Waals surface area contributed by atoms with Crippen LogP contribution in [-0.4, -0.2) is 0 Å². The average molecular weight is 292 g/mol. The first kappa shape index (κ1) is 10.3. The molecule has 4 heteroatoms. The van der Waals surface area contributed by atoms with Crippen LogP contribution in [0.3, 0.4) is 0 Å². The van der Waals surface area contributed by atoms with E-state index in [9.17, 15) is 0 Å². The Morgan fingerprint density at radius 2 is 2.36 bits per heavy atom. The third-order valence-corrected chi connectivity index (χ3v) is 4.01. The maximum atomic E-state index is 6.28. The van der Waals surface area contributed by atoms with Crippen LogP contribution >= 0.6 is 38.9 Å². The fourth-order valence-corrected chi connectivity index (χ4v) is 3.46. The maximum Gasteiger partial charge on any atom is 0.126 e. The molecule has 0 amide bonds. The van der Waals surface area contributed by atoms with E-state index in [1.807, 2.05) is 18.2 Å². The summed E-state index contributed by atoms with van der Waals surface area (Å²) >= 11 is 11.4. The van der Waals surface area contributed by atoms with Gasteiger partial charge in [0.25, 0.3) is 0 Å². The zero-order valence-electron chi connectivity index (χ0n) is 7.46. The first-order chi connectivity index (χ1) is 6.68. The normalized spacial score (nSPS) is 13.1. The number of furan rings is 1. The van der Waals surface area contributed by atoms with Crippen LogP contribution in [0.25, 0.3) is 0 Å². The van der Waals surface area contributed by atoms with Crippen LogP contribution in [0.1, 0.15) is 21.6 Å². The summed E-state index contributed by atoms with van der Waals surface area (Å²) in [7, 11) is 0. The standard InChI is InChI=1S/C10H8BrClOS/c1-6-7(5-9(11)14-6)10(12)8-3-2-4-13-8/h2-5,10H,1H3. The molecule has 0 fully saturated rings. The van der Waals surface area contributed by atoms with Crippen LogP contribution in [0.4, 0.5) is 0 Å². The van der Waals surface area contributed by atoms with E-state index < -0.39 is 0 Å². The molecule has 0 saturated carbocycles. The SMILES string of the molecule is Cc1sc(Br)cc1C(Cl)c1ccco1. The van der Waals surface area contributed by atoms with Crippen molar-refractivity contribution in [3.8, 4) is 0 Å². The number of alkyl halides is 1. The van der Waals surface area contributed by atoms with Crippen LogP contribution in [0, 0.1) is 6.92 Å². The van der Waals surface area contributed by atoms with Gasteiger partial charge in [-0.2, -0.15) is 0 Å². The Balaban J connectivity index is 2.36. The van der Waals surface area contributed by atoms with E-state index in [-0.39, 0.29) is 5.38 Å². The molecule has 2 heterocycles. The van der Waals surface area contributed by atoms with Crippen molar-refractivity contribution in [1.82, 2.24) is 0 Å². The zero-order valence-corrected chi connectivity index (χ0v) is 10.6. The number of hydrogen-bond acceptors (Lipinski definition) is 2. The van der Waals surface area contributed by atoms with Crippen molar-refractivity contribution < 1.29 is 4.42 Å². The highest BCUT2D eigenvalue weighted by Crippen LogP contribution is 2.37. The number of halogens is 2. The Morgan fingerprint density at radius 1 is 1.57 bits per heavy atom. The monoisotopic (exact) mass is 290 g/mol. The highest BCUT2D eigenvalue weighted by atomic mass is 79.9. The van der Waals surface area contributed by atoms with Crippen LogP contribution in [-0.2, 0) is 0 Å². The first-order valence-electron chi connectivity index (χ1n) is 4.12. The van der Waals surface area contributed by atoms with Gasteiger partial charge in [0, 0.05) is 4.88 Å². The summed E-state index contributed by atoms with van der Waals surface area (Å²) < 4.78 is 6.37. The highest BCUT2D eigenvalue weighted by Gasteiger charge is 2.17. The summed E-state index contributed by atoms with van der Waals surface area (Å²) in [6.45, 7) is 2.06. The van der Waals surface area contributed by atoms with E-state index in [2.05, 4.69) is 22.9 Å². The van der Waals surface area contributed by atoms with Gasteiger partial charge in [0.15, 0.2) is 0 Å². The maximum absolute atomic E-state index is 6.28. The third kappa shape index (κ3) is 1.90. The van der Waals surface area contributed by atoms with Crippen molar-refractivity contribution in [2.24, 2.45) is 0 Å². The topological polar surface area (TPSA) is 13.1 Å². The van der Waals surface area contributed by atoms with Gasteiger partial charge in [0.1, 0.15) is 11.1 Å². The van der Waals surface area contributed by atoms with Gasteiger partial charge in [-0.1, -0.05) is 0 Å². The van der Waals surface area contributed by atoms with E-state index in [0.29, 0.717) is 0 Å². The first-order valence-corrected chi connectivity index (χ1v) is 6.16. The minimum absolute atomic E-state index is 0.187. The number of thiophene rings is 1. The molecule has 2 rings (SSSR count). The molecule has 0 radical (unpaired) electrons. The van der Waals surface area contributed by atoms with E-state index in [4.69, 9.17) is 16.0 Å². The lowest BCUT2D eigenvalue weighted by molar-refractivity contribution is 0.516. The molecule has 0 aromatic carbocycles. The number of rotatable bonds is 2. The van der Waals surface area contributed by atoms with Crippen LogP contribution < -0.4 is 0 Å². The lowest BCUT2D eigenvalue weighted by atomic mass is 10.1. The molecule has 0 N–H and O–H groups in total. The second-order valence-electron chi connectivity index (χ2n) is 2.94. The lowest BCUT2D eigenvalue weighted by Crippen LogP contribution is -1.90. The highest BCUT2D eigenvalue weighted by molar-refractivity contribution is 9.11. The van der Waals surface area contributed by atoms with Crippen molar-refractivity contribution in [1.29, 1.82) is 0 Å². The number of hydrogen-bond donors (Lipinski definition) is 0. The van der Waals surface area contributed by atoms with Gasteiger partial charge >= 0.3 is 0 Å². The fourth-order valence-electron chi connectivity index (χ4n) is 1.30. The molecule has 1 unspecified atom stereocenters. The van der Waals surface area contributed by atoms with Crippen molar-refractivity contribution in [2.45, 2.75) is 12.3 Å². The summed E-state index contributed by atoms with van der Waals surface area (Å²) in [5, 5.41) is -0.187. The van der Waals surface area contributed by atoms with E-state index in [1.54, 1.807) is 17.6 Å². The van der Waals surface area contributed by atoms with Crippen LogP contribution in [0.15, 0.2) is 32.7 Å². The Bertz CT molecular complexity index is 421. The summed E-state index contributed by atoms with van der Waals surface area (Å²) in [4.78, 5) is 1.22. The molecular formula is C10H8BrClOS. The molecule has 0 aliphatic heterocycles. The van der Waals surface area contributed by atoms with Gasteiger partial charge in [0.2, 0.25) is 0 Å². The van der Waals surface area contributed by atoms with Crippen molar-refractivity contribution in [3.63, 3.8) is 0 Å². The van der Waals surface area contributed by atoms with Gasteiger partial charge in [-0.3, -0.25) is 0 Å². The summed E-state index contributed by atoms with van der Waals surface area (Å²) in [5.74, 6) is 0.792. The molecule has 0 aliphatic rings. The van der Waals surface area contributed by atoms with Crippen LogP contribution in [0.2, 0.25) is 0 Å². The minimum atomic E-state index is -0.187. The average Bonchev–Trinajstić information content (AvgIpc) is 2.73. The third-order valence-electron chi connectivity index (χ3n) is 1.99. The molecule has 2 aromatic rings. The predicted octanol–water partition coefficient (Wildman–Crippen LogP) is 4.74. The molecular weight excluding hydrogens is 284 g/mol. The van der Waals surface area contributed by atoms with Gasteiger partial charge in [0.05, 0.1) is 10.0 Å². The zero-order chi connectivity index (χ0) is 10.1. The smallest absolute Gasteiger partial charge is 0.126 e. The summed E-state index contributed by atoms with van der Waals surface area (Å²) in [6.07, 6.45) is 1.64. The molecule has 1 nitrogen and oxygen atoms in total. The Hall–Kier alpha value is -0.250. The van der Waals surface area contributed by atoms with E-state index in [0.717, 1.165) is 15.1 Å². The lowest BCUT2D eigenvalue weighted by Gasteiger charge is -2.04. The fraction of sp³-hybridized carbons (Fsp3) is 0.200. The quantitative estimate of drug-likeness (QED) is 0.728. The number of aryl methyl sites for hydroxylation is 1. The Morgan fingerprint density at radius 3 is 2.86 bits per heavy atom. The molecule has 0 saturated heterocycles. The van der Waals surface area contributed by atoms with E-state index >= 15 is 0 Å². The molecule has 0 spiro atoms. The Labute approximate surface area is 99.8 Å². The van der Waals surface area contributed by atoms with Crippen molar-refractivity contribution >= 4 is 38.9 Å². The summed E-state index contributed by atoms with van der Waals surface area (Å²) in [5.41, 5.74) is 1.11. The molecule has 74 valence electrons. The molecule has 1 atom stereocenters. The predicted molar refractivity (Wildman–Crippen MR) is 63.2 cm³/mol.